The van der Waals surface area contributed by atoms with Crippen LogP contribution in [0, 0.1) is 11.6 Å². The first kappa shape index (κ1) is 18.2. The lowest BCUT2D eigenvalue weighted by Gasteiger charge is -2.05. The van der Waals surface area contributed by atoms with Crippen molar-refractivity contribution < 1.29 is 26.7 Å². The quantitative estimate of drug-likeness (QED) is 0.631. The van der Waals surface area contributed by atoms with E-state index in [1.165, 1.54) is 43.5 Å². The Kier molecular flexibility index (Phi) is 5.14. The van der Waals surface area contributed by atoms with Crippen LogP contribution in [0.4, 0.5) is 8.78 Å². The molecule has 0 amide bonds. The number of benzene rings is 2. The number of halogens is 2. The van der Waals surface area contributed by atoms with Crippen molar-refractivity contribution in [1.29, 1.82) is 0 Å². The summed E-state index contributed by atoms with van der Waals surface area (Å²) in [6, 6.07) is 8.85. The molecule has 2 aromatic carbocycles. The minimum Gasteiger partial charge on any atom is -0.494 e. The van der Waals surface area contributed by atoms with Crippen molar-refractivity contribution in [2.45, 2.75) is 10.1 Å². The smallest absolute Gasteiger partial charge is 0.335 e. The fraction of sp³-hybridized carbons (Fsp3) is 0.125. The van der Waals surface area contributed by atoms with Crippen molar-refractivity contribution in [2.75, 3.05) is 7.11 Å². The van der Waals surface area contributed by atoms with Gasteiger partial charge in [-0.25, -0.2) is 17.2 Å². The molecule has 6 nitrogen and oxygen atoms in total. The second kappa shape index (κ2) is 7.34. The summed E-state index contributed by atoms with van der Waals surface area (Å²) in [5.74, 6) is -1.24. The summed E-state index contributed by atoms with van der Waals surface area (Å²) in [6.07, 6.45) is 0. The maximum Gasteiger partial charge on any atom is 0.335 e. The third-order valence-corrected chi connectivity index (χ3v) is 6.07. The van der Waals surface area contributed by atoms with Crippen molar-refractivity contribution in [3.05, 3.63) is 59.7 Å². The zero-order chi connectivity index (χ0) is 18.7. The monoisotopic (exact) mass is 398 g/mol. The molecular weight excluding hydrogens is 386 g/mol. The number of ether oxygens (including phenoxy) is 2. The molecule has 0 bridgehead atoms. The molecule has 0 atom stereocenters. The first-order chi connectivity index (χ1) is 12.4. The van der Waals surface area contributed by atoms with E-state index in [1.54, 1.807) is 0 Å². The fourth-order valence-corrected chi connectivity index (χ4v) is 4.11. The molecule has 136 valence electrons. The van der Waals surface area contributed by atoms with Crippen LogP contribution >= 0.6 is 11.5 Å². The van der Waals surface area contributed by atoms with Gasteiger partial charge in [0.1, 0.15) is 11.6 Å². The highest BCUT2D eigenvalue weighted by atomic mass is 32.2. The minimum absolute atomic E-state index is 0.0250. The predicted octanol–water partition coefficient (Wildman–Crippen LogP) is 3.59. The summed E-state index contributed by atoms with van der Waals surface area (Å²) in [4.78, 5) is 3.84. The van der Waals surface area contributed by atoms with Gasteiger partial charge in [-0.15, -0.1) is 4.37 Å². The SMILES string of the molecule is COc1ccc(CS(=O)(=O)c2nc(Oc3ccc(F)cc3)ns2)cc1F. The van der Waals surface area contributed by atoms with E-state index in [9.17, 15) is 17.2 Å². The van der Waals surface area contributed by atoms with Crippen molar-refractivity contribution in [3.63, 3.8) is 0 Å². The number of aromatic nitrogens is 2. The fourth-order valence-electron chi connectivity index (χ4n) is 2.05. The lowest BCUT2D eigenvalue weighted by Crippen LogP contribution is -2.05. The summed E-state index contributed by atoms with van der Waals surface area (Å²) in [6.45, 7) is 0. The summed E-state index contributed by atoms with van der Waals surface area (Å²) in [5, 5.41) is 0. The molecule has 0 radical (unpaired) electrons. The van der Waals surface area contributed by atoms with Gasteiger partial charge >= 0.3 is 6.01 Å². The molecule has 0 aliphatic carbocycles. The van der Waals surface area contributed by atoms with Gasteiger partial charge < -0.3 is 9.47 Å². The van der Waals surface area contributed by atoms with Crippen LogP contribution in [-0.4, -0.2) is 24.9 Å². The number of hydrogen-bond acceptors (Lipinski definition) is 7. The molecule has 0 N–H and O–H groups in total. The Hall–Kier alpha value is -2.59. The molecular formula is C16H12F2N2O4S2. The van der Waals surface area contributed by atoms with E-state index in [0.29, 0.717) is 11.5 Å². The van der Waals surface area contributed by atoms with E-state index in [0.717, 1.165) is 6.07 Å². The van der Waals surface area contributed by atoms with Crippen LogP contribution in [-0.2, 0) is 15.6 Å². The van der Waals surface area contributed by atoms with Crippen LogP contribution in [0.3, 0.4) is 0 Å². The van der Waals surface area contributed by atoms with E-state index in [-0.39, 0.29) is 27.4 Å². The van der Waals surface area contributed by atoms with Gasteiger partial charge in [-0.2, -0.15) is 4.98 Å². The normalized spacial score (nSPS) is 11.3. The molecule has 3 aromatic rings. The van der Waals surface area contributed by atoms with Gasteiger partial charge in [0.25, 0.3) is 0 Å². The summed E-state index contributed by atoms with van der Waals surface area (Å²) >= 11 is 0.643. The Balaban J connectivity index is 1.76. The molecule has 0 fully saturated rings. The maximum atomic E-state index is 13.7. The highest BCUT2D eigenvalue weighted by Gasteiger charge is 2.22. The maximum absolute atomic E-state index is 13.7. The van der Waals surface area contributed by atoms with Crippen LogP contribution in [0.5, 0.6) is 17.5 Å². The van der Waals surface area contributed by atoms with E-state index in [1.807, 2.05) is 0 Å². The Morgan fingerprint density at radius 3 is 2.50 bits per heavy atom. The lowest BCUT2D eigenvalue weighted by molar-refractivity contribution is 0.386. The average molecular weight is 398 g/mol. The van der Waals surface area contributed by atoms with E-state index in [4.69, 9.17) is 9.47 Å². The van der Waals surface area contributed by atoms with Gasteiger partial charge in [-0.1, -0.05) is 6.07 Å². The summed E-state index contributed by atoms with van der Waals surface area (Å²) in [5.41, 5.74) is 0.250. The van der Waals surface area contributed by atoms with Crippen molar-refractivity contribution in [3.8, 4) is 17.5 Å². The zero-order valence-electron chi connectivity index (χ0n) is 13.3. The largest absolute Gasteiger partial charge is 0.494 e. The number of sulfone groups is 1. The number of hydrogen-bond donors (Lipinski definition) is 0. The van der Waals surface area contributed by atoms with Crippen LogP contribution in [0.15, 0.2) is 46.8 Å². The second-order valence-electron chi connectivity index (χ2n) is 5.13. The van der Waals surface area contributed by atoms with Crippen molar-refractivity contribution in [2.24, 2.45) is 0 Å². The zero-order valence-corrected chi connectivity index (χ0v) is 15.0. The molecule has 0 aliphatic heterocycles. The van der Waals surface area contributed by atoms with Crippen LogP contribution in [0.1, 0.15) is 5.56 Å². The average Bonchev–Trinajstić information content (AvgIpc) is 3.06. The Morgan fingerprint density at radius 2 is 1.85 bits per heavy atom. The first-order valence-electron chi connectivity index (χ1n) is 7.20. The second-order valence-corrected chi connectivity index (χ2v) is 8.04. The summed E-state index contributed by atoms with van der Waals surface area (Å²) < 4.78 is 65.1. The van der Waals surface area contributed by atoms with E-state index in [2.05, 4.69) is 9.36 Å². The Labute approximate surface area is 152 Å². The molecule has 10 heteroatoms. The number of rotatable bonds is 6. The Morgan fingerprint density at radius 1 is 1.12 bits per heavy atom. The molecule has 1 heterocycles. The van der Waals surface area contributed by atoms with E-state index < -0.39 is 27.2 Å². The molecule has 0 spiro atoms. The lowest BCUT2D eigenvalue weighted by atomic mass is 10.2. The molecule has 1 aromatic heterocycles. The minimum atomic E-state index is -3.83. The molecule has 0 saturated carbocycles. The molecule has 0 saturated heterocycles. The van der Waals surface area contributed by atoms with Gasteiger partial charge in [0.05, 0.1) is 12.9 Å². The van der Waals surface area contributed by atoms with Crippen LogP contribution < -0.4 is 9.47 Å². The van der Waals surface area contributed by atoms with Crippen molar-refractivity contribution >= 4 is 21.4 Å². The number of methoxy groups -OCH3 is 1. The molecule has 0 aliphatic rings. The van der Waals surface area contributed by atoms with Gasteiger partial charge in [-0.05, 0) is 42.0 Å². The summed E-state index contributed by atoms with van der Waals surface area (Å²) in [7, 11) is -2.51. The third-order valence-electron chi connectivity index (χ3n) is 3.25. The van der Waals surface area contributed by atoms with Gasteiger partial charge in [-0.3, -0.25) is 0 Å². The third kappa shape index (κ3) is 4.14. The standard InChI is InChI=1S/C16H12F2N2O4S2/c1-23-14-7-2-10(8-13(14)18)9-26(21,22)16-19-15(20-25-16)24-12-5-3-11(17)4-6-12/h2-8H,9H2,1H3. The number of nitrogens with zero attached hydrogens (tertiary/aromatic N) is 2. The predicted molar refractivity (Wildman–Crippen MR) is 90.2 cm³/mol. The van der Waals surface area contributed by atoms with Gasteiger partial charge in [0, 0.05) is 11.5 Å². The van der Waals surface area contributed by atoms with Gasteiger partial charge in [0.15, 0.2) is 11.6 Å². The van der Waals surface area contributed by atoms with Gasteiger partial charge in [0.2, 0.25) is 14.2 Å². The van der Waals surface area contributed by atoms with Crippen LogP contribution in [0.25, 0.3) is 0 Å². The van der Waals surface area contributed by atoms with Crippen molar-refractivity contribution in [1.82, 2.24) is 9.36 Å². The highest BCUT2D eigenvalue weighted by Crippen LogP contribution is 2.26. The van der Waals surface area contributed by atoms with Crippen LogP contribution in [0.2, 0.25) is 0 Å². The molecule has 0 unspecified atom stereocenters. The van der Waals surface area contributed by atoms with E-state index >= 15 is 0 Å². The molecule has 26 heavy (non-hydrogen) atoms. The Bertz CT molecular complexity index is 1020. The topological polar surface area (TPSA) is 78.4 Å². The first-order valence-corrected chi connectivity index (χ1v) is 9.62. The molecule has 3 rings (SSSR count). The highest BCUT2D eigenvalue weighted by molar-refractivity contribution is 7.92.